The Morgan fingerprint density at radius 3 is 2.52 bits per heavy atom. The highest BCUT2D eigenvalue weighted by molar-refractivity contribution is 6.06. The summed E-state index contributed by atoms with van der Waals surface area (Å²) in [6.07, 6.45) is 2.24. The standard InChI is InChI=1S/C19H27N3O3/c1-13(2)11-16-18(24)22(19(25)21-16)12-17(23)20-14(3)9-10-15-7-5-4-6-8-15/h4-8,13-14,16H,9-12H2,1-3H3,(H,20,23)(H,21,25)/t14-,16+/m0/s1. The molecule has 2 rings (SSSR count). The van der Waals surface area contributed by atoms with E-state index in [1.54, 1.807) is 0 Å². The lowest BCUT2D eigenvalue weighted by atomic mass is 10.0. The van der Waals surface area contributed by atoms with Crippen molar-refractivity contribution in [3.63, 3.8) is 0 Å². The normalized spacial score (nSPS) is 18.4. The predicted octanol–water partition coefficient (Wildman–Crippen LogP) is 2.09. The molecule has 1 saturated heterocycles. The van der Waals surface area contributed by atoms with E-state index in [0.717, 1.165) is 17.7 Å². The first-order valence-electron chi connectivity index (χ1n) is 8.82. The minimum absolute atomic E-state index is 0.0278. The minimum Gasteiger partial charge on any atom is -0.352 e. The van der Waals surface area contributed by atoms with Crippen LogP contribution in [0.3, 0.4) is 0 Å². The van der Waals surface area contributed by atoms with E-state index in [4.69, 9.17) is 0 Å². The van der Waals surface area contributed by atoms with Crippen LogP contribution >= 0.6 is 0 Å². The maximum absolute atomic E-state index is 12.2. The molecule has 2 atom stereocenters. The van der Waals surface area contributed by atoms with Gasteiger partial charge in [0.15, 0.2) is 0 Å². The monoisotopic (exact) mass is 345 g/mol. The number of nitrogens with zero attached hydrogens (tertiary/aromatic N) is 1. The number of hydrogen-bond acceptors (Lipinski definition) is 3. The van der Waals surface area contributed by atoms with Gasteiger partial charge in [0, 0.05) is 6.04 Å². The second kappa shape index (κ2) is 8.65. The van der Waals surface area contributed by atoms with E-state index >= 15 is 0 Å². The number of carbonyl (C=O) groups is 3. The van der Waals surface area contributed by atoms with Gasteiger partial charge in [-0.2, -0.15) is 0 Å². The first-order chi connectivity index (χ1) is 11.9. The maximum atomic E-state index is 12.2. The molecule has 136 valence electrons. The number of nitrogens with one attached hydrogen (secondary N) is 2. The van der Waals surface area contributed by atoms with Crippen LogP contribution in [0.1, 0.15) is 39.2 Å². The van der Waals surface area contributed by atoms with Crippen molar-refractivity contribution in [3.8, 4) is 0 Å². The van der Waals surface area contributed by atoms with Crippen molar-refractivity contribution in [2.75, 3.05) is 6.54 Å². The lowest BCUT2D eigenvalue weighted by Gasteiger charge is -2.17. The summed E-state index contributed by atoms with van der Waals surface area (Å²) in [5.41, 5.74) is 1.22. The van der Waals surface area contributed by atoms with E-state index in [9.17, 15) is 14.4 Å². The average Bonchev–Trinajstić information content (AvgIpc) is 2.81. The molecule has 0 aromatic heterocycles. The van der Waals surface area contributed by atoms with E-state index in [1.807, 2.05) is 39.0 Å². The SMILES string of the molecule is CC(C)C[C@H]1NC(=O)N(CC(=O)N[C@@H](C)CCc2ccccc2)C1=O. The molecule has 2 N–H and O–H groups in total. The van der Waals surface area contributed by atoms with E-state index in [2.05, 4.69) is 22.8 Å². The predicted molar refractivity (Wildman–Crippen MR) is 95.9 cm³/mol. The molecule has 0 saturated carbocycles. The van der Waals surface area contributed by atoms with Crippen molar-refractivity contribution in [1.29, 1.82) is 0 Å². The van der Waals surface area contributed by atoms with Crippen LogP contribution in [0, 0.1) is 5.92 Å². The lowest BCUT2D eigenvalue weighted by molar-refractivity contribution is -0.132. The van der Waals surface area contributed by atoms with Crippen LogP contribution in [0.25, 0.3) is 0 Å². The molecule has 0 radical (unpaired) electrons. The van der Waals surface area contributed by atoms with Crippen LogP contribution in [0.5, 0.6) is 0 Å². The molecule has 1 aromatic carbocycles. The number of imide groups is 1. The molecule has 4 amide bonds. The fourth-order valence-electron chi connectivity index (χ4n) is 2.92. The summed E-state index contributed by atoms with van der Waals surface area (Å²) in [6.45, 7) is 5.68. The fraction of sp³-hybridized carbons (Fsp3) is 0.526. The van der Waals surface area contributed by atoms with Crippen molar-refractivity contribution in [3.05, 3.63) is 35.9 Å². The number of rotatable bonds is 8. The van der Waals surface area contributed by atoms with E-state index in [1.165, 1.54) is 5.56 Å². The molecule has 25 heavy (non-hydrogen) atoms. The summed E-state index contributed by atoms with van der Waals surface area (Å²) >= 11 is 0. The zero-order valence-corrected chi connectivity index (χ0v) is 15.1. The van der Waals surface area contributed by atoms with Gasteiger partial charge in [-0.05, 0) is 37.7 Å². The Morgan fingerprint density at radius 2 is 1.88 bits per heavy atom. The van der Waals surface area contributed by atoms with Crippen LogP contribution < -0.4 is 10.6 Å². The summed E-state index contributed by atoms with van der Waals surface area (Å²) in [6, 6.07) is 9.03. The van der Waals surface area contributed by atoms with E-state index < -0.39 is 12.1 Å². The highest BCUT2D eigenvalue weighted by Crippen LogP contribution is 2.14. The van der Waals surface area contributed by atoms with E-state index in [-0.39, 0.29) is 24.4 Å². The highest BCUT2D eigenvalue weighted by Gasteiger charge is 2.39. The third-order valence-electron chi connectivity index (χ3n) is 4.23. The topological polar surface area (TPSA) is 78.5 Å². The van der Waals surface area contributed by atoms with Gasteiger partial charge in [-0.1, -0.05) is 44.2 Å². The van der Waals surface area contributed by atoms with Gasteiger partial charge in [0.05, 0.1) is 0 Å². The Labute approximate surface area is 149 Å². The number of benzene rings is 1. The Bertz CT molecular complexity index is 616. The smallest absolute Gasteiger partial charge is 0.325 e. The average molecular weight is 345 g/mol. The molecule has 0 spiro atoms. The molecule has 1 fully saturated rings. The molecule has 1 aromatic rings. The van der Waals surface area contributed by atoms with Gasteiger partial charge in [0.1, 0.15) is 12.6 Å². The van der Waals surface area contributed by atoms with Crippen LogP contribution in [0.2, 0.25) is 0 Å². The van der Waals surface area contributed by atoms with E-state index in [0.29, 0.717) is 12.3 Å². The first kappa shape index (κ1) is 19.0. The van der Waals surface area contributed by atoms with Crippen LogP contribution in [0.15, 0.2) is 30.3 Å². The Balaban J connectivity index is 1.79. The Hall–Kier alpha value is -2.37. The third kappa shape index (κ3) is 5.59. The highest BCUT2D eigenvalue weighted by atomic mass is 16.2. The van der Waals surface area contributed by atoms with Gasteiger partial charge in [-0.15, -0.1) is 0 Å². The molecule has 1 heterocycles. The van der Waals surface area contributed by atoms with Crippen molar-refractivity contribution < 1.29 is 14.4 Å². The first-order valence-corrected chi connectivity index (χ1v) is 8.82. The zero-order valence-electron chi connectivity index (χ0n) is 15.1. The third-order valence-corrected chi connectivity index (χ3v) is 4.23. The van der Waals surface area contributed by atoms with Crippen molar-refractivity contribution >= 4 is 17.8 Å². The van der Waals surface area contributed by atoms with Crippen LogP contribution in [0.4, 0.5) is 4.79 Å². The largest absolute Gasteiger partial charge is 0.352 e. The van der Waals surface area contributed by atoms with Gasteiger partial charge >= 0.3 is 6.03 Å². The number of carbonyl (C=O) groups excluding carboxylic acids is 3. The van der Waals surface area contributed by atoms with Gasteiger partial charge in [0.25, 0.3) is 5.91 Å². The van der Waals surface area contributed by atoms with Crippen LogP contribution in [-0.2, 0) is 16.0 Å². The second-order valence-corrected chi connectivity index (χ2v) is 7.05. The maximum Gasteiger partial charge on any atom is 0.325 e. The molecule has 6 nitrogen and oxygen atoms in total. The summed E-state index contributed by atoms with van der Waals surface area (Å²) in [5, 5.41) is 5.51. The molecule has 1 aliphatic rings. The Morgan fingerprint density at radius 1 is 1.20 bits per heavy atom. The summed E-state index contributed by atoms with van der Waals surface area (Å²) < 4.78 is 0. The number of hydrogen-bond donors (Lipinski definition) is 2. The molecule has 1 aliphatic heterocycles. The zero-order chi connectivity index (χ0) is 18.4. The number of amides is 4. The summed E-state index contributed by atoms with van der Waals surface area (Å²) in [4.78, 5) is 37.3. The molecular weight excluding hydrogens is 318 g/mol. The van der Waals surface area contributed by atoms with Crippen molar-refractivity contribution in [1.82, 2.24) is 15.5 Å². The minimum atomic E-state index is -0.518. The van der Waals surface area contributed by atoms with Crippen molar-refractivity contribution in [2.45, 2.75) is 52.1 Å². The molecule has 6 heteroatoms. The molecule has 0 unspecified atom stereocenters. The number of urea groups is 1. The molecule has 0 aliphatic carbocycles. The summed E-state index contributed by atoms with van der Waals surface area (Å²) in [5.74, 6) is -0.332. The second-order valence-electron chi connectivity index (χ2n) is 7.05. The van der Waals surface area contributed by atoms with Crippen molar-refractivity contribution in [2.24, 2.45) is 5.92 Å². The van der Waals surface area contributed by atoms with Gasteiger partial charge in [-0.25, -0.2) is 4.79 Å². The van der Waals surface area contributed by atoms with Gasteiger partial charge in [0.2, 0.25) is 5.91 Å². The van der Waals surface area contributed by atoms with Gasteiger partial charge < -0.3 is 10.6 Å². The fourth-order valence-corrected chi connectivity index (χ4v) is 2.92. The molecule has 0 bridgehead atoms. The summed E-state index contributed by atoms with van der Waals surface area (Å²) in [7, 11) is 0. The van der Waals surface area contributed by atoms with Gasteiger partial charge in [-0.3, -0.25) is 14.5 Å². The molecular formula is C19H27N3O3. The Kier molecular flexibility index (Phi) is 6.56. The number of aryl methyl sites for hydroxylation is 1. The lowest BCUT2D eigenvalue weighted by Crippen LogP contribution is -2.44. The van der Waals surface area contributed by atoms with Crippen LogP contribution in [-0.4, -0.2) is 41.4 Å². The quantitative estimate of drug-likeness (QED) is 0.708.